The average molecular weight is 248 g/mol. The summed E-state index contributed by atoms with van der Waals surface area (Å²) in [7, 11) is 4.32. The summed E-state index contributed by atoms with van der Waals surface area (Å²) >= 11 is 0. The third-order valence-electron chi connectivity index (χ3n) is 4.02. The zero-order valence-electron chi connectivity index (χ0n) is 11.6. The number of hydrogen-bond acceptors (Lipinski definition) is 4. The molecule has 1 aliphatic rings. The molecule has 4 nitrogen and oxygen atoms in total. The second-order valence-corrected chi connectivity index (χ2v) is 5.49. The molecule has 1 saturated heterocycles. The molecule has 0 radical (unpaired) electrons. The van der Waals surface area contributed by atoms with Crippen LogP contribution >= 0.6 is 0 Å². The zero-order valence-corrected chi connectivity index (χ0v) is 11.6. The number of aromatic nitrogens is 1. The molecule has 2 rings (SSSR count). The molecule has 18 heavy (non-hydrogen) atoms. The van der Waals surface area contributed by atoms with Crippen molar-refractivity contribution in [1.82, 2.24) is 14.8 Å². The molecule has 3 atom stereocenters. The standard InChI is InChI=1S/C14H24N4/c1-11-9-18(10-14(11)17(2)3)13(8-15)12-4-6-16-7-5-12/h4-7,11,13-14H,8-10,15H2,1-3H3. The van der Waals surface area contributed by atoms with Crippen molar-refractivity contribution in [2.24, 2.45) is 11.7 Å². The Hall–Kier alpha value is -0.970. The van der Waals surface area contributed by atoms with Gasteiger partial charge in [-0.15, -0.1) is 0 Å². The fourth-order valence-corrected chi connectivity index (χ4v) is 2.99. The van der Waals surface area contributed by atoms with E-state index in [9.17, 15) is 0 Å². The molecule has 0 spiro atoms. The molecule has 2 N–H and O–H groups in total. The van der Waals surface area contributed by atoms with E-state index in [4.69, 9.17) is 5.73 Å². The monoisotopic (exact) mass is 248 g/mol. The van der Waals surface area contributed by atoms with Gasteiger partial charge in [0, 0.05) is 44.1 Å². The molecule has 0 saturated carbocycles. The first-order chi connectivity index (χ1) is 8.63. The van der Waals surface area contributed by atoms with Crippen LogP contribution in [-0.2, 0) is 0 Å². The van der Waals surface area contributed by atoms with Gasteiger partial charge in [0.2, 0.25) is 0 Å². The summed E-state index contributed by atoms with van der Waals surface area (Å²) in [6, 6.07) is 5.09. The molecule has 1 aliphatic heterocycles. The largest absolute Gasteiger partial charge is 0.329 e. The highest BCUT2D eigenvalue weighted by Gasteiger charge is 2.34. The van der Waals surface area contributed by atoms with Crippen molar-refractivity contribution >= 4 is 0 Å². The second-order valence-electron chi connectivity index (χ2n) is 5.49. The van der Waals surface area contributed by atoms with Crippen LogP contribution in [-0.4, -0.2) is 54.6 Å². The van der Waals surface area contributed by atoms with E-state index in [0.29, 0.717) is 24.5 Å². The van der Waals surface area contributed by atoms with Crippen molar-refractivity contribution in [3.05, 3.63) is 30.1 Å². The maximum absolute atomic E-state index is 5.98. The summed E-state index contributed by atoms with van der Waals surface area (Å²) < 4.78 is 0. The van der Waals surface area contributed by atoms with E-state index in [1.807, 2.05) is 12.4 Å². The van der Waals surface area contributed by atoms with E-state index < -0.39 is 0 Å². The number of pyridine rings is 1. The van der Waals surface area contributed by atoms with Crippen LogP contribution in [0.1, 0.15) is 18.5 Å². The summed E-state index contributed by atoms with van der Waals surface area (Å²) in [5.74, 6) is 0.691. The number of likely N-dealkylation sites (N-methyl/N-ethyl adjacent to an activating group) is 1. The Bertz CT molecular complexity index is 365. The molecule has 1 aromatic rings. The average Bonchev–Trinajstić information content (AvgIpc) is 2.74. The van der Waals surface area contributed by atoms with Crippen LogP contribution < -0.4 is 5.73 Å². The van der Waals surface area contributed by atoms with Crippen molar-refractivity contribution in [1.29, 1.82) is 0 Å². The zero-order chi connectivity index (χ0) is 13.1. The minimum Gasteiger partial charge on any atom is -0.329 e. The van der Waals surface area contributed by atoms with Gasteiger partial charge < -0.3 is 10.6 Å². The molecule has 1 aromatic heterocycles. The normalized spacial score (nSPS) is 26.7. The maximum atomic E-state index is 5.98. The van der Waals surface area contributed by atoms with Crippen LogP contribution in [0.25, 0.3) is 0 Å². The van der Waals surface area contributed by atoms with Gasteiger partial charge in [0.25, 0.3) is 0 Å². The molecule has 100 valence electrons. The predicted molar refractivity (Wildman–Crippen MR) is 74.2 cm³/mol. The van der Waals surface area contributed by atoms with Crippen molar-refractivity contribution in [2.45, 2.75) is 19.0 Å². The minimum atomic E-state index is 0.320. The Labute approximate surface area is 110 Å². The third-order valence-corrected chi connectivity index (χ3v) is 4.02. The Morgan fingerprint density at radius 1 is 1.39 bits per heavy atom. The van der Waals surface area contributed by atoms with Crippen LogP contribution in [0.2, 0.25) is 0 Å². The van der Waals surface area contributed by atoms with Gasteiger partial charge in [-0.25, -0.2) is 0 Å². The van der Waals surface area contributed by atoms with Crippen LogP contribution in [0.5, 0.6) is 0 Å². The lowest BCUT2D eigenvalue weighted by Gasteiger charge is -2.28. The molecule has 0 bridgehead atoms. The first-order valence-electron chi connectivity index (χ1n) is 6.64. The summed E-state index contributed by atoms with van der Waals surface area (Å²) in [4.78, 5) is 8.91. The lowest BCUT2D eigenvalue weighted by atomic mass is 10.1. The van der Waals surface area contributed by atoms with Gasteiger partial charge >= 0.3 is 0 Å². The van der Waals surface area contributed by atoms with Gasteiger partial charge in [0.05, 0.1) is 0 Å². The highest BCUT2D eigenvalue weighted by molar-refractivity contribution is 5.16. The van der Waals surface area contributed by atoms with Crippen molar-refractivity contribution < 1.29 is 0 Å². The quantitative estimate of drug-likeness (QED) is 0.862. The van der Waals surface area contributed by atoms with Gasteiger partial charge in [0.1, 0.15) is 0 Å². The van der Waals surface area contributed by atoms with E-state index in [-0.39, 0.29) is 0 Å². The van der Waals surface area contributed by atoms with Crippen molar-refractivity contribution in [3.8, 4) is 0 Å². The molecular formula is C14H24N4. The van der Waals surface area contributed by atoms with Crippen LogP contribution in [0.4, 0.5) is 0 Å². The molecule has 0 aliphatic carbocycles. The Balaban J connectivity index is 2.11. The van der Waals surface area contributed by atoms with Crippen LogP contribution in [0.3, 0.4) is 0 Å². The highest BCUT2D eigenvalue weighted by atomic mass is 15.3. The Kier molecular flexibility index (Phi) is 4.32. The topological polar surface area (TPSA) is 45.4 Å². The first-order valence-corrected chi connectivity index (χ1v) is 6.64. The summed E-state index contributed by atoms with van der Waals surface area (Å²) in [6.45, 7) is 5.20. The fraction of sp³-hybridized carbons (Fsp3) is 0.643. The smallest absolute Gasteiger partial charge is 0.0472 e. The number of rotatable bonds is 4. The summed E-state index contributed by atoms with van der Waals surface area (Å²) in [5.41, 5.74) is 7.25. The molecule has 2 heterocycles. The van der Waals surface area contributed by atoms with Crippen molar-refractivity contribution in [2.75, 3.05) is 33.7 Å². The summed E-state index contributed by atoms with van der Waals surface area (Å²) in [5, 5.41) is 0. The number of likely N-dealkylation sites (tertiary alicyclic amines) is 1. The van der Waals surface area contributed by atoms with E-state index in [2.05, 4.69) is 47.9 Å². The lowest BCUT2D eigenvalue weighted by Crippen LogP contribution is -2.36. The van der Waals surface area contributed by atoms with E-state index in [0.717, 1.165) is 13.1 Å². The van der Waals surface area contributed by atoms with Crippen LogP contribution in [0, 0.1) is 5.92 Å². The van der Waals surface area contributed by atoms with Crippen LogP contribution in [0.15, 0.2) is 24.5 Å². The van der Waals surface area contributed by atoms with Gasteiger partial charge in [0.15, 0.2) is 0 Å². The number of nitrogens with two attached hydrogens (primary N) is 1. The predicted octanol–water partition coefficient (Wildman–Crippen LogP) is 0.963. The molecular weight excluding hydrogens is 224 g/mol. The molecule has 4 heteroatoms. The Morgan fingerprint density at radius 3 is 2.56 bits per heavy atom. The number of nitrogens with zero attached hydrogens (tertiary/aromatic N) is 3. The first kappa shape index (κ1) is 13.5. The maximum Gasteiger partial charge on any atom is 0.0472 e. The second kappa shape index (κ2) is 5.78. The van der Waals surface area contributed by atoms with Gasteiger partial charge in [-0.1, -0.05) is 6.92 Å². The van der Waals surface area contributed by atoms with Gasteiger partial charge in [-0.2, -0.15) is 0 Å². The fourth-order valence-electron chi connectivity index (χ4n) is 2.99. The van der Waals surface area contributed by atoms with E-state index in [1.165, 1.54) is 5.56 Å². The molecule has 3 unspecified atom stereocenters. The third kappa shape index (κ3) is 2.71. The van der Waals surface area contributed by atoms with Gasteiger partial charge in [-0.05, 0) is 37.7 Å². The van der Waals surface area contributed by atoms with Gasteiger partial charge in [-0.3, -0.25) is 9.88 Å². The highest BCUT2D eigenvalue weighted by Crippen LogP contribution is 2.28. The Morgan fingerprint density at radius 2 is 2.06 bits per heavy atom. The molecule has 1 fully saturated rings. The molecule has 0 aromatic carbocycles. The van der Waals surface area contributed by atoms with E-state index >= 15 is 0 Å². The molecule has 0 amide bonds. The SMILES string of the molecule is CC1CN(C(CN)c2ccncc2)CC1N(C)C. The van der Waals surface area contributed by atoms with Crippen molar-refractivity contribution in [3.63, 3.8) is 0 Å². The number of hydrogen-bond donors (Lipinski definition) is 1. The minimum absolute atomic E-state index is 0.320. The summed E-state index contributed by atoms with van der Waals surface area (Å²) in [6.07, 6.45) is 3.70. The van der Waals surface area contributed by atoms with E-state index in [1.54, 1.807) is 0 Å². The lowest BCUT2D eigenvalue weighted by molar-refractivity contribution is 0.219.